The lowest BCUT2D eigenvalue weighted by Gasteiger charge is -2.34. The van der Waals surface area contributed by atoms with Crippen LogP contribution < -0.4 is 0 Å². The second kappa shape index (κ2) is 8.32. The molecule has 25 heavy (non-hydrogen) atoms. The van der Waals surface area contributed by atoms with Crippen molar-refractivity contribution >= 4 is 28.8 Å². The van der Waals surface area contributed by atoms with Crippen LogP contribution in [0.15, 0.2) is 41.8 Å². The normalized spacial score (nSPS) is 19.6. The van der Waals surface area contributed by atoms with Gasteiger partial charge in [0.25, 0.3) is 0 Å². The van der Waals surface area contributed by atoms with Gasteiger partial charge >= 0.3 is 0 Å². The van der Waals surface area contributed by atoms with Crippen molar-refractivity contribution < 1.29 is 9.53 Å². The molecule has 2 atom stereocenters. The number of likely N-dealkylation sites (N-methyl/N-ethyl adjacent to an activating group) is 1. The van der Waals surface area contributed by atoms with E-state index in [4.69, 9.17) is 16.3 Å². The molecule has 0 spiro atoms. The number of nitrogens with zero attached hydrogens (tertiary/aromatic N) is 2. The summed E-state index contributed by atoms with van der Waals surface area (Å²) in [4.78, 5) is 17.9. The van der Waals surface area contributed by atoms with Gasteiger partial charge < -0.3 is 9.64 Å². The van der Waals surface area contributed by atoms with Gasteiger partial charge in [-0.2, -0.15) is 0 Å². The number of ether oxygens (including phenoxy) is 1. The Kier molecular flexibility index (Phi) is 6.12. The highest BCUT2D eigenvalue weighted by Gasteiger charge is 2.26. The van der Waals surface area contributed by atoms with Crippen LogP contribution in [-0.2, 0) is 9.53 Å². The summed E-state index contributed by atoms with van der Waals surface area (Å²) in [6.45, 7) is 4.61. The van der Waals surface area contributed by atoms with Gasteiger partial charge in [-0.25, -0.2) is 0 Å². The van der Waals surface area contributed by atoms with E-state index in [9.17, 15) is 4.79 Å². The molecule has 1 aromatic carbocycles. The zero-order valence-corrected chi connectivity index (χ0v) is 16.1. The third-order valence-electron chi connectivity index (χ3n) is 4.68. The first-order valence-corrected chi connectivity index (χ1v) is 9.69. The first-order chi connectivity index (χ1) is 12.0. The standard InChI is InChI=1S/C19H23ClN2O2S/c1-14(18-4-3-11-25-18)21(2)19(23)13-22-9-10-24-17(12-22)15-5-7-16(20)8-6-15/h3-8,11,14,17H,9-10,12-13H2,1-2H3/t14-,17+/m1/s1. The number of carbonyl (C=O) groups is 1. The number of hydrogen-bond donors (Lipinski definition) is 0. The fourth-order valence-electron chi connectivity index (χ4n) is 2.96. The molecule has 0 bridgehead atoms. The molecule has 134 valence electrons. The Bertz CT molecular complexity index is 690. The number of thiophene rings is 1. The molecule has 3 rings (SSSR count). The molecular formula is C19H23ClN2O2S. The van der Waals surface area contributed by atoms with Gasteiger partial charge in [-0.05, 0) is 36.1 Å². The third kappa shape index (κ3) is 4.61. The van der Waals surface area contributed by atoms with Crippen LogP contribution >= 0.6 is 22.9 Å². The molecule has 2 aromatic rings. The fourth-order valence-corrected chi connectivity index (χ4v) is 3.92. The Labute approximate surface area is 158 Å². The highest BCUT2D eigenvalue weighted by molar-refractivity contribution is 7.10. The van der Waals surface area contributed by atoms with Crippen molar-refractivity contribution in [3.05, 3.63) is 57.2 Å². The number of benzene rings is 1. The molecule has 1 amide bonds. The van der Waals surface area contributed by atoms with Crippen LogP contribution in [0.5, 0.6) is 0 Å². The summed E-state index contributed by atoms with van der Waals surface area (Å²) < 4.78 is 5.87. The molecule has 0 aliphatic carbocycles. The van der Waals surface area contributed by atoms with Gasteiger partial charge in [-0.1, -0.05) is 29.8 Å². The number of amides is 1. The van der Waals surface area contributed by atoms with E-state index in [0.29, 0.717) is 19.7 Å². The highest BCUT2D eigenvalue weighted by Crippen LogP contribution is 2.25. The van der Waals surface area contributed by atoms with Crippen LogP contribution in [0, 0.1) is 0 Å². The Morgan fingerprint density at radius 1 is 1.40 bits per heavy atom. The summed E-state index contributed by atoms with van der Waals surface area (Å²) in [6, 6.07) is 11.9. The lowest BCUT2D eigenvalue weighted by Crippen LogP contribution is -2.45. The molecule has 1 fully saturated rings. The first-order valence-electron chi connectivity index (χ1n) is 8.43. The van der Waals surface area contributed by atoms with Crippen molar-refractivity contribution in [2.24, 2.45) is 0 Å². The minimum Gasteiger partial charge on any atom is -0.371 e. The SMILES string of the molecule is C[C@H](c1cccs1)N(C)C(=O)CN1CCO[C@H](c2ccc(Cl)cc2)C1. The van der Waals surface area contributed by atoms with Crippen LogP contribution in [0.3, 0.4) is 0 Å². The molecule has 6 heteroatoms. The smallest absolute Gasteiger partial charge is 0.237 e. The maximum atomic E-state index is 12.7. The monoisotopic (exact) mass is 378 g/mol. The summed E-state index contributed by atoms with van der Waals surface area (Å²) >= 11 is 7.64. The van der Waals surface area contributed by atoms with Crippen LogP contribution in [0.25, 0.3) is 0 Å². The molecular weight excluding hydrogens is 356 g/mol. The van der Waals surface area contributed by atoms with E-state index in [1.54, 1.807) is 11.3 Å². The summed E-state index contributed by atoms with van der Waals surface area (Å²) in [5.41, 5.74) is 1.10. The van der Waals surface area contributed by atoms with E-state index >= 15 is 0 Å². The topological polar surface area (TPSA) is 32.8 Å². The predicted molar refractivity (Wildman–Crippen MR) is 102 cm³/mol. The number of rotatable bonds is 5. The zero-order valence-electron chi connectivity index (χ0n) is 14.5. The van der Waals surface area contributed by atoms with Crippen molar-refractivity contribution in [2.75, 3.05) is 33.3 Å². The summed E-state index contributed by atoms with van der Waals surface area (Å²) in [7, 11) is 1.88. The molecule has 0 saturated carbocycles. The predicted octanol–water partition coefficient (Wildman–Crippen LogP) is 3.99. The molecule has 1 aliphatic heterocycles. The minimum atomic E-state index is -0.0150. The van der Waals surface area contributed by atoms with Crippen molar-refractivity contribution in [2.45, 2.75) is 19.1 Å². The van der Waals surface area contributed by atoms with Gasteiger partial charge in [0.15, 0.2) is 0 Å². The second-order valence-electron chi connectivity index (χ2n) is 6.34. The van der Waals surface area contributed by atoms with Crippen molar-refractivity contribution in [1.82, 2.24) is 9.80 Å². The molecule has 0 unspecified atom stereocenters. The summed E-state index contributed by atoms with van der Waals surface area (Å²) in [6.07, 6.45) is -0.0150. The first kappa shape index (κ1) is 18.4. The van der Waals surface area contributed by atoms with Crippen molar-refractivity contribution in [1.29, 1.82) is 0 Å². The van der Waals surface area contributed by atoms with Crippen molar-refractivity contribution in [3.8, 4) is 0 Å². The van der Waals surface area contributed by atoms with Gasteiger partial charge in [0.05, 0.1) is 25.3 Å². The maximum Gasteiger partial charge on any atom is 0.237 e. The molecule has 1 saturated heterocycles. The maximum absolute atomic E-state index is 12.7. The Balaban J connectivity index is 1.58. The van der Waals surface area contributed by atoms with Gasteiger partial charge in [0, 0.05) is 30.0 Å². The van der Waals surface area contributed by atoms with E-state index in [1.165, 1.54) is 4.88 Å². The van der Waals surface area contributed by atoms with Crippen molar-refractivity contribution in [3.63, 3.8) is 0 Å². The summed E-state index contributed by atoms with van der Waals surface area (Å²) in [5.74, 6) is 0.137. The highest BCUT2D eigenvalue weighted by atomic mass is 35.5. The lowest BCUT2D eigenvalue weighted by molar-refractivity contribution is -0.135. The number of halogens is 1. The molecule has 0 radical (unpaired) electrons. The van der Waals surface area contributed by atoms with Gasteiger partial charge in [0.1, 0.15) is 0 Å². The zero-order chi connectivity index (χ0) is 17.8. The minimum absolute atomic E-state index is 0.0150. The van der Waals surface area contributed by atoms with Crippen LogP contribution in [0.4, 0.5) is 0 Å². The van der Waals surface area contributed by atoms with Gasteiger partial charge in [0.2, 0.25) is 5.91 Å². The quantitative estimate of drug-likeness (QED) is 0.788. The average molecular weight is 379 g/mol. The largest absolute Gasteiger partial charge is 0.371 e. The molecule has 4 nitrogen and oxygen atoms in total. The van der Waals surface area contributed by atoms with E-state index in [1.807, 2.05) is 47.7 Å². The van der Waals surface area contributed by atoms with E-state index in [-0.39, 0.29) is 18.1 Å². The Morgan fingerprint density at radius 2 is 2.16 bits per heavy atom. The Hall–Kier alpha value is -1.40. The van der Waals surface area contributed by atoms with Gasteiger partial charge in [-0.3, -0.25) is 9.69 Å². The average Bonchev–Trinajstić information content (AvgIpc) is 3.16. The van der Waals surface area contributed by atoms with E-state index < -0.39 is 0 Å². The number of hydrogen-bond acceptors (Lipinski definition) is 4. The third-order valence-corrected chi connectivity index (χ3v) is 5.98. The lowest BCUT2D eigenvalue weighted by atomic mass is 10.1. The van der Waals surface area contributed by atoms with Crippen LogP contribution in [0.1, 0.15) is 29.5 Å². The molecule has 1 aromatic heterocycles. The fraction of sp³-hybridized carbons (Fsp3) is 0.421. The van der Waals surface area contributed by atoms with E-state index in [2.05, 4.69) is 17.9 Å². The second-order valence-corrected chi connectivity index (χ2v) is 7.76. The summed E-state index contributed by atoms with van der Waals surface area (Å²) in [5, 5.41) is 2.76. The number of carbonyl (C=O) groups excluding carboxylic acids is 1. The molecule has 2 heterocycles. The van der Waals surface area contributed by atoms with Crippen LogP contribution in [-0.4, -0.2) is 49.0 Å². The van der Waals surface area contributed by atoms with E-state index in [0.717, 1.165) is 17.1 Å². The Morgan fingerprint density at radius 3 is 2.84 bits per heavy atom. The van der Waals surface area contributed by atoms with Crippen LogP contribution in [0.2, 0.25) is 5.02 Å². The molecule has 1 aliphatic rings. The number of morpholine rings is 1. The molecule has 0 N–H and O–H groups in total. The van der Waals surface area contributed by atoms with Gasteiger partial charge in [-0.15, -0.1) is 11.3 Å².